The number of aromatic nitrogens is 1. The summed E-state index contributed by atoms with van der Waals surface area (Å²) in [5.74, 6) is -0.508. The van der Waals surface area contributed by atoms with E-state index in [-0.39, 0.29) is 18.4 Å². The third-order valence-corrected chi connectivity index (χ3v) is 5.11. The molecule has 5 nitrogen and oxygen atoms in total. The standard InChI is InChI=1S/C21H21N3O2S/c1-14-8-7-9-15(2)19(14)23-18(25)12-24(3)21(26)17-13-27-20(22-17)16-10-5-4-6-11-16/h4-11,13H,12H2,1-3H3,(H,23,25). The van der Waals surface area contributed by atoms with Gasteiger partial charge in [0.1, 0.15) is 10.7 Å². The van der Waals surface area contributed by atoms with Crippen molar-refractivity contribution in [3.05, 3.63) is 70.7 Å². The highest BCUT2D eigenvalue weighted by atomic mass is 32.1. The first kappa shape index (κ1) is 18.8. The van der Waals surface area contributed by atoms with E-state index in [1.165, 1.54) is 16.2 Å². The van der Waals surface area contributed by atoms with E-state index in [0.717, 1.165) is 27.4 Å². The summed E-state index contributed by atoms with van der Waals surface area (Å²) in [6, 6.07) is 15.5. The number of likely N-dealkylation sites (N-methyl/N-ethyl adjacent to an activating group) is 1. The lowest BCUT2D eigenvalue weighted by atomic mass is 10.1. The van der Waals surface area contributed by atoms with Crippen molar-refractivity contribution < 1.29 is 9.59 Å². The average molecular weight is 379 g/mol. The second kappa shape index (κ2) is 8.14. The monoisotopic (exact) mass is 379 g/mol. The Morgan fingerprint density at radius 3 is 2.37 bits per heavy atom. The van der Waals surface area contributed by atoms with Crippen molar-refractivity contribution >= 4 is 28.8 Å². The van der Waals surface area contributed by atoms with Crippen LogP contribution in [-0.2, 0) is 4.79 Å². The second-order valence-electron chi connectivity index (χ2n) is 6.38. The van der Waals surface area contributed by atoms with Crippen LogP contribution in [0.3, 0.4) is 0 Å². The normalized spacial score (nSPS) is 10.5. The van der Waals surface area contributed by atoms with Crippen LogP contribution in [0.5, 0.6) is 0 Å². The molecular weight excluding hydrogens is 358 g/mol. The summed E-state index contributed by atoms with van der Waals surface area (Å²) in [5, 5.41) is 5.41. The van der Waals surface area contributed by atoms with Crippen molar-refractivity contribution in [3.8, 4) is 10.6 Å². The molecule has 0 fully saturated rings. The number of amides is 2. The highest BCUT2D eigenvalue weighted by molar-refractivity contribution is 7.13. The lowest BCUT2D eigenvalue weighted by Gasteiger charge is -2.17. The highest BCUT2D eigenvalue weighted by Gasteiger charge is 2.19. The lowest BCUT2D eigenvalue weighted by molar-refractivity contribution is -0.116. The van der Waals surface area contributed by atoms with Gasteiger partial charge in [-0.05, 0) is 25.0 Å². The molecule has 0 atom stereocenters. The summed E-state index contributed by atoms with van der Waals surface area (Å²) in [6.45, 7) is 3.85. The van der Waals surface area contributed by atoms with Gasteiger partial charge in [0.15, 0.2) is 0 Å². The Morgan fingerprint density at radius 1 is 1.04 bits per heavy atom. The largest absolute Gasteiger partial charge is 0.331 e. The maximum absolute atomic E-state index is 12.6. The number of nitrogens with zero attached hydrogens (tertiary/aromatic N) is 2. The van der Waals surface area contributed by atoms with Crippen molar-refractivity contribution in [2.24, 2.45) is 0 Å². The highest BCUT2D eigenvalue weighted by Crippen LogP contribution is 2.24. The Hall–Kier alpha value is -2.99. The van der Waals surface area contributed by atoms with Crippen LogP contribution in [-0.4, -0.2) is 35.3 Å². The van der Waals surface area contributed by atoms with E-state index in [1.54, 1.807) is 12.4 Å². The molecule has 6 heteroatoms. The maximum atomic E-state index is 12.6. The molecule has 0 spiro atoms. The van der Waals surface area contributed by atoms with Crippen LogP contribution in [0.4, 0.5) is 5.69 Å². The first-order chi connectivity index (χ1) is 13.0. The van der Waals surface area contributed by atoms with Gasteiger partial charge in [-0.15, -0.1) is 11.3 Å². The van der Waals surface area contributed by atoms with E-state index in [9.17, 15) is 9.59 Å². The number of nitrogens with one attached hydrogen (secondary N) is 1. The molecule has 0 aliphatic heterocycles. The van der Waals surface area contributed by atoms with Crippen LogP contribution in [0.25, 0.3) is 10.6 Å². The molecular formula is C21H21N3O2S. The number of carbonyl (C=O) groups is 2. The third kappa shape index (κ3) is 4.41. The molecule has 3 rings (SSSR count). The molecule has 0 saturated carbocycles. The summed E-state index contributed by atoms with van der Waals surface area (Å²) in [6.07, 6.45) is 0. The first-order valence-electron chi connectivity index (χ1n) is 8.58. The Labute approximate surface area is 162 Å². The molecule has 0 bridgehead atoms. The maximum Gasteiger partial charge on any atom is 0.273 e. The number of para-hydroxylation sites is 1. The van der Waals surface area contributed by atoms with Gasteiger partial charge in [0.25, 0.3) is 5.91 Å². The molecule has 1 N–H and O–H groups in total. The molecule has 0 radical (unpaired) electrons. The molecule has 0 aliphatic rings. The van der Waals surface area contributed by atoms with E-state index in [0.29, 0.717) is 5.69 Å². The van der Waals surface area contributed by atoms with E-state index in [1.807, 2.05) is 62.4 Å². The van der Waals surface area contributed by atoms with E-state index >= 15 is 0 Å². The molecule has 2 amide bonds. The first-order valence-corrected chi connectivity index (χ1v) is 9.46. The second-order valence-corrected chi connectivity index (χ2v) is 7.24. The third-order valence-electron chi connectivity index (χ3n) is 4.22. The van der Waals surface area contributed by atoms with Gasteiger partial charge in [0.05, 0.1) is 6.54 Å². The van der Waals surface area contributed by atoms with Gasteiger partial charge in [0.2, 0.25) is 5.91 Å². The molecule has 27 heavy (non-hydrogen) atoms. The summed E-state index contributed by atoms with van der Waals surface area (Å²) in [5.41, 5.74) is 4.09. The van der Waals surface area contributed by atoms with Gasteiger partial charge in [-0.3, -0.25) is 9.59 Å². The van der Waals surface area contributed by atoms with Gasteiger partial charge in [-0.2, -0.15) is 0 Å². The van der Waals surface area contributed by atoms with Crippen molar-refractivity contribution in [1.29, 1.82) is 0 Å². The average Bonchev–Trinajstić information content (AvgIpc) is 3.15. The van der Waals surface area contributed by atoms with Crippen molar-refractivity contribution in [3.63, 3.8) is 0 Å². The van der Waals surface area contributed by atoms with Crippen molar-refractivity contribution in [2.75, 3.05) is 18.9 Å². The Bertz CT molecular complexity index is 946. The van der Waals surface area contributed by atoms with Crippen LogP contribution in [0.15, 0.2) is 53.9 Å². The number of rotatable bonds is 5. The molecule has 1 heterocycles. The molecule has 138 valence electrons. The fourth-order valence-corrected chi connectivity index (χ4v) is 3.56. The number of carbonyl (C=O) groups excluding carboxylic acids is 2. The predicted molar refractivity (Wildman–Crippen MR) is 109 cm³/mol. The zero-order valence-corrected chi connectivity index (χ0v) is 16.3. The topological polar surface area (TPSA) is 62.3 Å². The SMILES string of the molecule is Cc1cccc(C)c1NC(=O)CN(C)C(=O)c1csc(-c2ccccc2)n1. The minimum atomic E-state index is -0.273. The number of anilines is 1. The zero-order chi connectivity index (χ0) is 19.4. The van der Waals surface area contributed by atoms with Crippen LogP contribution in [0, 0.1) is 13.8 Å². The van der Waals surface area contributed by atoms with Gasteiger partial charge in [-0.25, -0.2) is 4.98 Å². The van der Waals surface area contributed by atoms with Crippen LogP contribution in [0.1, 0.15) is 21.6 Å². The van der Waals surface area contributed by atoms with Gasteiger partial charge in [0, 0.05) is 23.7 Å². The van der Waals surface area contributed by atoms with Crippen molar-refractivity contribution in [2.45, 2.75) is 13.8 Å². The Kier molecular flexibility index (Phi) is 5.66. The number of hydrogen-bond donors (Lipinski definition) is 1. The molecule has 0 aliphatic carbocycles. The smallest absolute Gasteiger partial charge is 0.273 e. The number of thiazole rings is 1. The minimum absolute atomic E-state index is 0.0369. The van der Waals surface area contributed by atoms with Crippen molar-refractivity contribution in [1.82, 2.24) is 9.88 Å². The lowest BCUT2D eigenvalue weighted by Crippen LogP contribution is -2.35. The number of benzene rings is 2. The van der Waals surface area contributed by atoms with Gasteiger partial charge < -0.3 is 10.2 Å². The van der Waals surface area contributed by atoms with E-state index in [4.69, 9.17) is 0 Å². The van der Waals surface area contributed by atoms with E-state index in [2.05, 4.69) is 10.3 Å². The van der Waals surface area contributed by atoms with Gasteiger partial charge in [-0.1, -0.05) is 48.5 Å². The fourth-order valence-electron chi connectivity index (χ4n) is 2.76. The summed E-state index contributed by atoms with van der Waals surface area (Å²) in [7, 11) is 1.61. The molecule has 0 unspecified atom stereocenters. The molecule has 1 aromatic heterocycles. The number of hydrogen-bond acceptors (Lipinski definition) is 4. The Balaban J connectivity index is 1.66. The summed E-state index contributed by atoms with van der Waals surface area (Å²) < 4.78 is 0. The Morgan fingerprint density at radius 2 is 1.70 bits per heavy atom. The van der Waals surface area contributed by atoms with E-state index < -0.39 is 0 Å². The number of aryl methyl sites for hydroxylation is 2. The fraction of sp³-hybridized carbons (Fsp3) is 0.190. The minimum Gasteiger partial charge on any atom is -0.331 e. The summed E-state index contributed by atoms with van der Waals surface area (Å²) in [4.78, 5) is 30.8. The quantitative estimate of drug-likeness (QED) is 0.725. The molecule has 0 saturated heterocycles. The van der Waals surface area contributed by atoms with Crippen LogP contribution >= 0.6 is 11.3 Å². The summed E-state index contributed by atoms with van der Waals surface area (Å²) >= 11 is 1.41. The zero-order valence-electron chi connectivity index (χ0n) is 15.5. The molecule has 3 aromatic rings. The van der Waals surface area contributed by atoms with Crippen LogP contribution in [0.2, 0.25) is 0 Å². The van der Waals surface area contributed by atoms with Gasteiger partial charge >= 0.3 is 0 Å². The predicted octanol–water partition coefficient (Wildman–Crippen LogP) is 4.14. The van der Waals surface area contributed by atoms with Crippen LogP contribution < -0.4 is 5.32 Å². The molecule has 2 aromatic carbocycles.